The van der Waals surface area contributed by atoms with E-state index in [1.54, 1.807) is 4.90 Å². The third-order valence-electron chi connectivity index (χ3n) is 4.86. The zero-order valence-electron chi connectivity index (χ0n) is 13.5. The summed E-state index contributed by atoms with van der Waals surface area (Å²) < 4.78 is 7.05. The van der Waals surface area contributed by atoms with Crippen molar-refractivity contribution in [3.05, 3.63) is 62.7 Å². The van der Waals surface area contributed by atoms with Crippen LogP contribution in [0, 0.1) is 3.57 Å². The Balaban J connectivity index is 1.83. The van der Waals surface area contributed by atoms with Crippen molar-refractivity contribution < 1.29 is 14.6 Å². The number of hydrogen-bond acceptors (Lipinski definition) is 3. The average Bonchev–Trinajstić information content (AvgIpc) is 2.86. The molecule has 124 valence electrons. The first-order valence-corrected chi connectivity index (χ1v) is 9.02. The Morgan fingerprint density at radius 3 is 2.75 bits per heavy atom. The van der Waals surface area contributed by atoms with Gasteiger partial charge in [0.1, 0.15) is 17.5 Å². The van der Waals surface area contributed by atoms with Gasteiger partial charge in [-0.2, -0.15) is 0 Å². The van der Waals surface area contributed by atoms with Gasteiger partial charge in [0.2, 0.25) is 0 Å². The van der Waals surface area contributed by atoms with Crippen molar-refractivity contribution in [1.82, 2.24) is 4.90 Å². The molecule has 2 aliphatic rings. The van der Waals surface area contributed by atoms with Crippen LogP contribution in [-0.2, 0) is 6.54 Å². The number of ether oxygens (including phenoxy) is 1. The highest BCUT2D eigenvalue weighted by Gasteiger charge is 2.48. The van der Waals surface area contributed by atoms with Gasteiger partial charge in [0, 0.05) is 21.2 Å². The lowest BCUT2D eigenvalue weighted by atomic mass is 9.85. The van der Waals surface area contributed by atoms with E-state index < -0.39 is 17.7 Å². The molecular weight excluding hydrogens is 417 g/mol. The maximum absolute atomic E-state index is 12.9. The number of benzene rings is 2. The van der Waals surface area contributed by atoms with E-state index in [-0.39, 0.29) is 5.91 Å². The summed E-state index contributed by atoms with van der Waals surface area (Å²) in [7, 11) is 0. The molecule has 0 saturated carbocycles. The largest absolute Gasteiger partial charge is 0.485 e. The second kappa shape index (κ2) is 5.46. The summed E-state index contributed by atoms with van der Waals surface area (Å²) in [6.45, 7) is 4.23. The maximum Gasteiger partial charge on any atom is 0.255 e. The highest BCUT2D eigenvalue weighted by atomic mass is 127. The van der Waals surface area contributed by atoms with E-state index in [4.69, 9.17) is 4.74 Å². The normalized spacial score (nSPS) is 24.3. The number of nitrogens with zero attached hydrogens (tertiary/aromatic N) is 1. The maximum atomic E-state index is 12.9. The molecule has 0 bridgehead atoms. The lowest BCUT2D eigenvalue weighted by Gasteiger charge is -2.45. The molecule has 0 radical (unpaired) electrons. The molecule has 2 aromatic carbocycles. The van der Waals surface area contributed by atoms with Crippen LogP contribution in [0.1, 0.15) is 41.4 Å². The van der Waals surface area contributed by atoms with Gasteiger partial charge in [0.15, 0.2) is 0 Å². The minimum Gasteiger partial charge on any atom is -0.485 e. The van der Waals surface area contributed by atoms with Crippen molar-refractivity contribution in [2.45, 2.75) is 38.1 Å². The minimum absolute atomic E-state index is 0.0304. The SMILES string of the molecule is CC1(C)Oc2ccc(I)cc2[C@@H](N2Cc3ccccc3C2=O)[C@@H]1O. The Morgan fingerprint density at radius 2 is 2.00 bits per heavy atom. The van der Waals surface area contributed by atoms with E-state index in [1.807, 2.05) is 56.3 Å². The zero-order valence-corrected chi connectivity index (χ0v) is 15.6. The first-order chi connectivity index (χ1) is 11.4. The molecule has 1 N–H and O–H groups in total. The molecule has 2 atom stereocenters. The summed E-state index contributed by atoms with van der Waals surface area (Å²) in [5.41, 5.74) is 1.83. The van der Waals surface area contributed by atoms with E-state index in [0.29, 0.717) is 6.54 Å². The molecule has 4 rings (SSSR count). The molecule has 5 heteroatoms. The van der Waals surface area contributed by atoms with Crippen LogP contribution in [0.2, 0.25) is 0 Å². The van der Waals surface area contributed by atoms with Crippen LogP contribution in [0.3, 0.4) is 0 Å². The molecule has 0 aromatic heterocycles. The van der Waals surface area contributed by atoms with Crippen LogP contribution < -0.4 is 4.74 Å². The quantitative estimate of drug-likeness (QED) is 0.698. The summed E-state index contributed by atoms with van der Waals surface area (Å²) >= 11 is 2.24. The lowest BCUT2D eigenvalue weighted by molar-refractivity contribution is -0.0868. The Kier molecular flexibility index (Phi) is 3.61. The molecule has 24 heavy (non-hydrogen) atoms. The molecule has 4 nitrogen and oxygen atoms in total. The van der Waals surface area contributed by atoms with E-state index in [2.05, 4.69) is 22.6 Å². The molecule has 1 amide bonds. The average molecular weight is 435 g/mol. The number of hydrogen-bond donors (Lipinski definition) is 1. The first kappa shape index (κ1) is 15.9. The topological polar surface area (TPSA) is 49.8 Å². The predicted octanol–water partition coefficient (Wildman–Crippen LogP) is 3.52. The standard InChI is InChI=1S/C19H18INO3/c1-19(2)17(22)16(14-9-12(20)7-8-15(14)24-19)21-10-11-5-3-4-6-13(11)18(21)23/h3-9,16-17,22H,10H2,1-2H3/t16-,17+/m1/s1. The Bertz CT molecular complexity index is 833. The van der Waals surface area contributed by atoms with Crippen LogP contribution in [0.5, 0.6) is 5.75 Å². The van der Waals surface area contributed by atoms with E-state index in [1.165, 1.54) is 0 Å². The van der Waals surface area contributed by atoms with Crippen molar-refractivity contribution in [3.63, 3.8) is 0 Å². The molecular formula is C19H18INO3. The van der Waals surface area contributed by atoms with Gasteiger partial charge < -0.3 is 14.7 Å². The number of aliphatic hydroxyl groups excluding tert-OH is 1. The monoisotopic (exact) mass is 435 g/mol. The van der Waals surface area contributed by atoms with Gasteiger partial charge in [-0.15, -0.1) is 0 Å². The highest BCUT2D eigenvalue weighted by molar-refractivity contribution is 14.1. The summed E-state index contributed by atoms with van der Waals surface area (Å²) in [4.78, 5) is 14.7. The van der Waals surface area contributed by atoms with Crippen LogP contribution in [0.4, 0.5) is 0 Å². The summed E-state index contributed by atoms with van der Waals surface area (Å²) in [5.74, 6) is 0.705. The third-order valence-corrected chi connectivity index (χ3v) is 5.53. The molecule has 2 aliphatic heterocycles. The van der Waals surface area contributed by atoms with Crippen molar-refractivity contribution in [3.8, 4) is 5.75 Å². The molecule has 0 aliphatic carbocycles. The second-order valence-corrected chi connectivity index (χ2v) is 8.11. The third kappa shape index (κ3) is 2.33. The molecule has 0 saturated heterocycles. The number of rotatable bonds is 1. The fraction of sp³-hybridized carbons (Fsp3) is 0.316. The van der Waals surface area contributed by atoms with Crippen molar-refractivity contribution in [2.24, 2.45) is 0 Å². The van der Waals surface area contributed by atoms with Gasteiger partial charge >= 0.3 is 0 Å². The molecule has 0 fully saturated rings. The predicted molar refractivity (Wildman–Crippen MR) is 98.9 cm³/mol. The first-order valence-electron chi connectivity index (χ1n) is 7.94. The number of carbonyl (C=O) groups is 1. The van der Waals surface area contributed by atoms with Gasteiger partial charge in [-0.25, -0.2) is 0 Å². The molecule has 2 heterocycles. The highest BCUT2D eigenvalue weighted by Crippen LogP contribution is 2.45. The van der Waals surface area contributed by atoms with Crippen molar-refractivity contribution >= 4 is 28.5 Å². The van der Waals surface area contributed by atoms with Crippen molar-refractivity contribution in [1.29, 1.82) is 0 Å². The van der Waals surface area contributed by atoms with Crippen molar-refractivity contribution in [2.75, 3.05) is 0 Å². The number of aliphatic hydroxyl groups is 1. The molecule has 2 aromatic rings. The Labute approximate surface area is 154 Å². The van der Waals surface area contributed by atoms with E-state index >= 15 is 0 Å². The number of halogens is 1. The molecule has 0 unspecified atom stereocenters. The second-order valence-electron chi connectivity index (χ2n) is 6.87. The van der Waals surface area contributed by atoms with E-state index in [0.717, 1.165) is 26.0 Å². The van der Waals surface area contributed by atoms with Crippen LogP contribution >= 0.6 is 22.6 Å². The fourth-order valence-corrected chi connectivity index (χ4v) is 4.09. The van der Waals surface area contributed by atoms with Gasteiger partial charge in [-0.3, -0.25) is 4.79 Å². The van der Waals surface area contributed by atoms with Crippen LogP contribution in [0.25, 0.3) is 0 Å². The number of carbonyl (C=O) groups excluding carboxylic acids is 1. The summed E-state index contributed by atoms with van der Waals surface area (Å²) in [6, 6.07) is 13.1. The summed E-state index contributed by atoms with van der Waals surface area (Å²) in [5, 5.41) is 11.0. The number of amides is 1. The lowest BCUT2D eigenvalue weighted by Crippen LogP contribution is -2.53. The van der Waals surface area contributed by atoms with Gasteiger partial charge in [-0.05, 0) is 66.3 Å². The Hall–Kier alpha value is -1.60. The zero-order chi connectivity index (χ0) is 17.1. The van der Waals surface area contributed by atoms with Gasteiger partial charge in [0.25, 0.3) is 5.91 Å². The van der Waals surface area contributed by atoms with E-state index in [9.17, 15) is 9.90 Å². The fourth-order valence-electron chi connectivity index (χ4n) is 3.58. The number of fused-ring (bicyclic) bond motifs is 2. The summed E-state index contributed by atoms with van der Waals surface area (Å²) in [6.07, 6.45) is -0.804. The molecule has 0 spiro atoms. The van der Waals surface area contributed by atoms with Gasteiger partial charge in [-0.1, -0.05) is 18.2 Å². The smallest absolute Gasteiger partial charge is 0.255 e. The Morgan fingerprint density at radius 1 is 1.25 bits per heavy atom. The van der Waals surface area contributed by atoms with Crippen LogP contribution in [0.15, 0.2) is 42.5 Å². The van der Waals surface area contributed by atoms with Gasteiger partial charge in [0.05, 0.1) is 6.04 Å². The minimum atomic E-state index is -0.804. The van der Waals surface area contributed by atoms with Crippen LogP contribution in [-0.4, -0.2) is 27.6 Å².